The highest BCUT2D eigenvalue weighted by atomic mass is 32.1. The van der Waals surface area contributed by atoms with E-state index in [1.165, 1.54) is 10.4 Å². The molecule has 1 aromatic carbocycles. The maximum atomic E-state index is 5.37. The van der Waals surface area contributed by atoms with Gasteiger partial charge in [0.05, 0.1) is 0 Å². The Hall–Kier alpha value is -1.52. The summed E-state index contributed by atoms with van der Waals surface area (Å²) >= 11 is 1.78. The van der Waals surface area contributed by atoms with Crippen LogP contribution in [-0.4, -0.2) is 6.79 Å². The highest BCUT2D eigenvalue weighted by molar-refractivity contribution is 7.10. The van der Waals surface area contributed by atoms with E-state index in [2.05, 4.69) is 35.8 Å². The number of rotatable bonds is 4. The third-order valence-electron chi connectivity index (χ3n) is 3.02. The molecule has 1 N–H and O–H groups in total. The first-order chi connectivity index (χ1) is 8.83. The molecule has 0 fully saturated rings. The molecule has 0 bridgehead atoms. The summed E-state index contributed by atoms with van der Waals surface area (Å²) in [5.74, 6) is 1.68. The first-order valence-corrected chi connectivity index (χ1v) is 6.86. The van der Waals surface area contributed by atoms with Crippen LogP contribution >= 0.6 is 11.3 Å². The summed E-state index contributed by atoms with van der Waals surface area (Å²) in [7, 11) is 0. The molecule has 18 heavy (non-hydrogen) atoms. The van der Waals surface area contributed by atoms with Gasteiger partial charge in [0.15, 0.2) is 11.5 Å². The van der Waals surface area contributed by atoms with Crippen molar-refractivity contribution in [2.75, 3.05) is 6.79 Å². The van der Waals surface area contributed by atoms with Crippen molar-refractivity contribution in [1.82, 2.24) is 5.32 Å². The quantitative estimate of drug-likeness (QED) is 0.915. The fraction of sp³-hybridized carbons (Fsp3) is 0.286. The van der Waals surface area contributed by atoms with Crippen LogP contribution in [0, 0.1) is 0 Å². The molecule has 2 aromatic rings. The Bertz CT molecular complexity index is 525. The van der Waals surface area contributed by atoms with Crippen LogP contribution in [0.4, 0.5) is 0 Å². The standard InChI is InChI=1S/C14H15NO2S/c1-10(14-3-2-6-18-14)15-8-11-4-5-12-13(7-11)17-9-16-12/h2-7,10,15H,8-9H2,1H3. The highest BCUT2D eigenvalue weighted by Gasteiger charge is 2.13. The minimum Gasteiger partial charge on any atom is -0.454 e. The van der Waals surface area contributed by atoms with Gasteiger partial charge in [-0.1, -0.05) is 12.1 Å². The zero-order valence-corrected chi connectivity index (χ0v) is 11.0. The number of benzene rings is 1. The van der Waals surface area contributed by atoms with E-state index in [1.54, 1.807) is 11.3 Å². The van der Waals surface area contributed by atoms with Gasteiger partial charge in [-0.15, -0.1) is 11.3 Å². The van der Waals surface area contributed by atoms with Crippen LogP contribution in [0.1, 0.15) is 23.4 Å². The summed E-state index contributed by atoms with van der Waals surface area (Å²) in [6.45, 7) is 3.34. The lowest BCUT2D eigenvalue weighted by Crippen LogP contribution is -2.17. The first kappa shape index (κ1) is 11.6. The Morgan fingerprint density at radius 1 is 1.28 bits per heavy atom. The van der Waals surface area contributed by atoms with E-state index in [4.69, 9.17) is 9.47 Å². The van der Waals surface area contributed by atoms with Gasteiger partial charge in [-0.3, -0.25) is 0 Å². The maximum Gasteiger partial charge on any atom is 0.231 e. The molecule has 1 aromatic heterocycles. The minimum atomic E-state index is 0.331. The SMILES string of the molecule is CC(NCc1ccc2c(c1)OCO2)c1cccs1. The molecule has 2 heterocycles. The molecule has 0 radical (unpaired) electrons. The molecule has 4 heteroatoms. The van der Waals surface area contributed by atoms with Gasteiger partial charge in [0.25, 0.3) is 0 Å². The summed E-state index contributed by atoms with van der Waals surface area (Å²) in [4.78, 5) is 1.36. The van der Waals surface area contributed by atoms with Gasteiger partial charge < -0.3 is 14.8 Å². The Kier molecular flexibility index (Phi) is 3.21. The molecule has 1 unspecified atom stereocenters. The molecule has 0 saturated carbocycles. The Balaban J connectivity index is 1.63. The number of hydrogen-bond donors (Lipinski definition) is 1. The summed E-state index contributed by atoms with van der Waals surface area (Å²) in [6.07, 6.45) is 0. The molecule has 94 valence electrons. The molecule has 0 saturated heterocycles. The molecule has 0 amide bonds. The smallest absolute Gasteiger partial charge is 0.231 e. The van der Waals surface area contributed by atoms with E-state index in [1.807, 2.05) is 12.1 Å². The number of hydrogen-bond acceptors (Lipinski definition) is 4. The normalized spacial score (nSPS) is 14.7. The average molecular weight is 261 g/mol. The number of fused-ring (bicyclic) bond motifs is 1. The predicted molar refractivity (Wildman–Crippen MR) is 72.1 cm³/mol. The van der Waals surface area contributed by atoms with Gasteiger partial charge in [-0.05, 0) is 36.1 Å². The topological polar surface area (TPSA) is 30.5 Å². The fourth-order valence-corrected chi connectivity index (χ4v) is 2.72. The maximum absolute atomic E-state index is 5.37. The van der Waals surface area contributed by atoms with Crippen molar-refractivity contribution in [3.05, 3.63) is 46.2 Å². The van der Waals surface area contributed by atoms with E-state index in [9.17, 15) is 0 Å². The fourth-order valence-electron chi connectivity index (χ4n) is 1.96. The van der Waals surface area contributed by atoms with Crippen molar-refractivity contribution in [2.45, 2.75) is 19.5 Å². The Morgan fingerprint density at radius 3 is 3.00 bits per heavy atom. The molecule has 1 atom stereocenters. The van der Waals surface area contributed by atoms with Crippen molar-refractivity contribution < 1.29 is 9.47 Å². The second-order valence-corrected chi connectivity index (χ2v) is 5.28. The summed E-state index contributed by atoms with van der Waals surface area (Å²) in [5.41, 5.74) is 1.21. The second-order valence-electron chi connectivity index (χ2n) is 4.31. The third kappa shape index (κ3) is 2.35. The minimum absolute atomic E-state index is 0.331. The van der Waals surface area contributed by atoms with Crippen LogP contribution in [0.5, 0.6) is 11.5 Å². The molecular formula is C14H15NO2S. The third-order valence-corrected chi connectivity index (χ3v) is 4.07. The first-order valence-electron chi connectivity index (χ1n) is 5.98. The largest absolute Gasteiger partial charge is 0.454 e. The van der Waals surface area contributed by atoms with Crippen LogP contribution in [0.25, 0.3) is 0 Å². The molecule has 3 rings (SSSR count). The van der Waals surface area contributed by atoms with Gasteiger partial charge in [0, 0.05) is 17.5 Å². The van der Waals surface area contributed by atoms with E-state index in [0.717, 1.165) is 18.0 Å². The summed E-state index contributed by atoms with van der Waals surface area (Å²) in [6, 6.07) is 10.7. The second kappa shape index (κ2) is 5.00. The van der Waals surface area contributed by atoms with E-state index >= 15 is 0 Å². The van der Waals surface area contributed by atoms with Crippen molar-refractivity contribution in [2.24, 2.45) is 0 Å². The van der Waals surface area contributed by atoms with Crippen molar-refractivity contribution in [3.8, 4) is 11.5 Å². The number of thiophene rings is 1. The lowest BCUT2D eigenvalue weighted by Gasteiger charge is -2.12. The Morgan fingerprint density at radius 2 is 2.17 bits per heavy atom. The van der Waals surface area contributed by atoms with E-state index < -0.39 is 0 Å². The van der Waals surface area contributed by atoms with Crippen LogP contribution < -0.4 is 14.8 Å². The van der Waals surface area contributed by atoms with E-state index in [-0.39, 0.29) is 0 Å². The lowest BCUT2D eigenvalue weighted by molar-refractivity contribution is 0.174. The molecule has 0 spiro atoms. The summed E-state index contributed by atoms with van der Waals surface area (Å²) < 4.78 is 10.7. The predicted octanol–water partition coefficient (Wildman–Crippen LogP) is 3.33. The summed E-state index contributed by atoms with van der Waals surface area (Å²) in [5, 5.41) is 5.61. The van der Waals surface area contributed by atoms with Crippen LogP contribution in [0.2, 0.25) is 0 Å². The van der Waals surface area contributed by atoms with Gasteiger partial charge in [0.1, 0.15) is 0 Å². The number of nitrogens with one attached hydrogen (secondary N) is 1. The molecule has 1 aliphatic rings. The van der Waals surface area contributed by atoms with Gasteiger partial charge in [-0.25, -0.2) is 0 Å². The van der Waals surface area contributed by atoms with Crippen molar-refractivity contribution in [3.63, 3.8) is 0 Å². The van der Waals surface area contributed by atoms with Gasteiger partial charge >= 0.3 is 0 Å². The van der Waals surface area contributed by atoms with Gasteiger partial charge in [-0.2, -0.15) is 0 Å². The zero-order valence-electron chi connectivity index (χ0n) is 10.2. The molecule has 3 nitrogen and oxygen atoms in total. The Labute approximate surface area is 110 Å². The van der Waals surface area contributed by atoms with Gasteiger partial charge in [0.2, 0.25) is 6.79 Å². The average Bonchev–Trinajstić information content (AvgIpc) is 3.05. The zero-order chi connectivity index (χ0) is 12.4. The number of ether oxygens (including phenoxy) is 2. The monoisotopic (exact) mass is 261 g/mol. The lowest BCUT2D eigenvalue weighted by atomic mass is 10.2. The molecule has 1 aliphatic heterocycles. The van der Waals surface area contributed by atoms with Crippen molar-refractivity contribution >= 4 is 11.3 Å². The van der Waals surface area contributed by atoms with Crippen LogP contribution in [0.3, 0.4) is 0 Å². The molecular weight excluding hydrogens is 246 g/mol. The van der Waals surface area contributed by atoms with Crippen LogP contribution in [-0.2, 0) is 6.54 Å². The van der Waals surface area contributed by atoms with E-state index in [0.29, 0.717) is 12.8 Å². The molecule has 0 aliphatic carbocycles. The van der Waals surface area contributed by atoms with Crippen LogP contribution in [0.15, 0.2) is 35.7 Å². The highest BCUT2D eigenvalue weighted by Crippen LogP contribution is 2.32. The van der Waals surface area contributed by atoms with Crippen molar-refractivity contribution in [1.29, 1.82) is 0 Å².